The highest BCUT2D eigenvalue weighted by molar-refractivity contribution is 4.83. The van der Waals surface area contributed by atoms with Crippen LogP contribution in [0.4, 0.5) is 0 Å². The van der Waals surface area contributed by atoms with E-state index in [-0.39, 0.29) is 0 Å². The summed E-state index contributed by atoms with van der Waals surface area (Å²) >= 11 is 0. The van der Waals surface area contributed by atoms with Crippen LogP contribution in [0.25, 0.3) is 0 Å². The van der Waals surface area contributed by atoms with E-state index in [4.69, 9.17) is 0 Å². The molecule has 0 saturated heterocycles. The first-order chi connectivity index (χ1) is 5.61. The van der Waals surface area contributed by atoms with Crippen molar-refractivity contribution in [2.75, 3.05) is 0 Å². The van der Waals surface area contributed by atoms with Gasteiger partial charge in [0, 0.05) is 0 Å². The lowest BCUT2D eigenvalue weighted by molar-refractivity contribution is 0.295. The summed E-state index contributed by atoms with van der Waals surface area (Å²) in [6, 6.07) is 0. The summed E-state index contributed by atoms with van der Waals surface area (Å²) in [5.74, 6) is 3.94. The maximum absolute atomic E-state index is 2.39. The second kappa shape index (κ2) is 4.30. The Bertz CT molecular complexity index is 118. The molecule has 0 heteroatoms. The average molecular weight is 168 g/mol. The maximum Gasteiger partial charge on any atom is -0.0363 e. The van der Waals surface area contributed by atoms with Crippen molar-refractivity contribution in [2.24, 2.45) is 23.7 Å². The Morgan fingerprint density at radius 3 is 1.92 bits per heavy atom. The first-order valence-electron chi connectivity index (χ1n) is 5.61. The third-order valence-electron chi connectivity index (χ3n) is 3.16. The molecule has 0 bridgehead atoms. The van der Waals surface area contributed by atoms with Gasteiger partial charge in [0.15, 0.2) is 0 Å². The van der Waals surface area contributed by atoms with Gasteiger partial charge in [0.2, 0.25) is 0 Å². The molecule has 0 radical (unpaired) electrons. The Morgan fingerprint density at radius 2 is 1.58 bits per heavy atom. The topological polar surface area (TPSA) is 0 Å². The van der Waals surface area contributed by atoms with Crippen molar-refractivity contribution in [3.63, 3.8) is 0 Å². The quantitative estimate of drug-likeness (QED) is 0.579. The molecule has 1 unspecified atom stereocenters. The van der Waals surface area contributed by atoms with Crippen LogP contribution in [0.5, 0.6) is 0 Å². The van der Waals surface area contributed by atoms with Crippen LogP contribution in [-0.2, 0) is 0 Å². The van der Waals surface area contributed by atoms with E-state index >= 15 is 0 Å². The average Bonchev–Trinajstić information content (AvgIpc) is 2.69. The van der Waals surface area contributed by atoms with Gasteiger partial charge in [-0.25, -0.2) is 0 Å². The van der Waals surface area contributed by atoms with Crippen molar-refractivity contribution in [3.8, 4) is 0 Å². The fourth-order valence-electron chi connectivity index (χ4n) is 2.16. The zero-order valence-corrected chi connectivity index (χ0v) is 9.14. The van der Waals surface area contributed by atoms with Crippen molar-refractivity contribution >= 4 is 0 Å². The van der Waals surface area contributed by atoms with Crippen molar-refractivity contribution in [1.82, 2.24) is 0 Å². The van der Waals surface area contributed by atoms with Gasteiger partial charge in [-0.15, -0.1) is 0 Å². The first-order valence-corrected chi connectivity index (χ1v) is 5.61. The van der Waals surface area contributed by atoms with Gasteiger partial charge in [-0.1, -0.05) is 34.1 Å². The van der Waals surface area contributed by atoms with Gasteiger partial charge >= 0.3 is 0 Å². The van der Waals surface area contributed by atoms with Crippen LogP contribution in [0, 0.1) is 23.7 Å². The zero-order valence-electron chi connectivity index (χ0n) is 9.14. The zero-order chi connectivity index (χ0) is 9.14. The van der Waals surface area contributed by atoms with E-state index in [2.05, 4.69) is 27.7 Å². The van der Waals surface area contributed by atoms with Crippen molar-refractivity contribution in [1.29, 1.82) is 0 Å². The molecule has 1 aliphatic carbocycles. The number of hydrogen-bond acceptors (Lipinski definition) is 0. The summed E-state index contributed by atoms with van der Waals surface area (Å²) in [5, 5.41) is 0. The molecule has 72 valence electrons. The standard InChI is InChI=1S/C12H24/c1-9(2)5-8-12(10(3)4)11-6-7-11/h9-12H,5-8H2,1-4H3. The summed E-state index contributed by atoms with van der Waals surface area (Å²) in [4.78, 5) is 0. The third kappa shape index (κ3) is 3.16. The number of hydrogen-bond donors (Lipinski definition) is 0. The van der Waals surface area contributed by atoms with E-state index in [0.717, 1.165) is 23.7 Å². The van der Waals surface area contributed by atoms with Crippen molar-refractivity contribution in [3.05, 3.63) is 0 Å². The molecule has 0 nitrogen and oxygen atoms in total. The Labute approximate surface area is 77.7 Å². The molecule has 0 aromatic rings. The van der Waals surface area contributed by atoms with Crippen LogP contribution in [0.1, 0.15) is 53.4 Å². The van der Waals surface area contributed by atoms with Crippen LogP contribution in [0.15, 0.2) is 0 Å². The number of rotatable bonds is 5. The predicted molar refractivity (Wildman–Crippen MR) is 55.1 cm³/mol. The molecule has 0 aromatic heterocycles. The van der Waals surface area contributed by atoms with Gasteiger partial charge in [-0.05, 0) is 42.9 Å². The van der Waals surface area contributed by atoms with Crippen LogP contribution < -0.4 is 0 Å². The minimum Gasteiger partial charge on any atom is -0.0628 e. The maximum atomic E-state index is 2.39. The van der Waals surface area contributed by atoms with Gasteiger partial charge in [0.05, 0.1) is 0 Å². The monoisotopic (exact) mass is 168 g/mol. The highest BCUT2D eigenvalue weighted by atomic mass is 14.4. The molecular formula is C12H24. The Balaban J connectivity index is 2.23. The molecule has 0 heterocycles. The lowest BCUT2D eigenvalue weighted by Gasteiger charge is -2.21. The lowest BCUT2D eigenvalue weighted by Crippen LogP contribution is -2.11. The summed E-state index contributed by atoms with van der Waals surface area (Å²) in [5.41, 5.74) is 0. The second-order valence-corrected chi connectivity index (χ2v) is 5.22. The smallest absolute Gasteiger partial charge is 0.0363 e. The van der Waals surface area contributed by atoms with Crippen LogP contribution in [0.3, 0.4) is 0 Å². The van der Waals surface area contributed by atoms with Gasteiger partial charge in [0.25, 0.3) is 0 Å². The molecule has 0 amide bonds. The molecular weight excluding hydrogens is 144 g/mol. The minimum absolute atomic E-state index is 0.894. The summed E-state index contributed by atoms with van der Waals surface area (Å²) < 4.78 is 0. The van der Waals surface area contributed by atoms with E-state index in [1.165, 1.54) is 25.7 Å². The van der Waals surface area contributed by atoms with E-state index in [0.29, 0.717) is 0 Å². The van der Waals surface area contributed by atoms with Gasteiger partial charge in [-0.2, -0.15) is 0 Å². The van der Waals surface area contributed by atoms with E-state index in [9.17, 15) is 0 Å². The van der Waals surface area contributed by atoms with E-state index in [1.54, 1.807) is 0 Å². The van der Waals surface area contributed by atoms with Gasteiger partial charge in [0.1, 0.15) is 0 Å². The largest absolute Gasteiger partial charge is 0.0628 e. The molecule has 1 rings (SSSR count). The molecule has 1 atom stereocenters. The molecule has 1 saturated carbocycles. The molecule has 1 aliphatic rings. The Morgan fingerprint density at radius 1 is 1.00 bits per heavy atom. The van der Waals surface area contributed by atoms with Crippen LogP contribution in [0.2, 0.25) is 0 Å². The van der Waals surface area contributed by atoms with Gasteiger partial charge in [-0.3, -0.25) is 0 Å². The van der Waals surface area contributed by atoms with Crippen LogP contribution >= 0.6 is 0 Å². The predicted octanol–water partition coefficient (Wildman–Crippen LogP) is 4.10. The second-order valence-electron chi connectivity index (χ2n) is 5.22. The summed E-state index contributed by atoms with van der Waals surface area (Å²) in [7, 11) is 0. The van der Waals surface area contributed by atoms with Crippen molar-refractivity contribution in [2.45, 2.75) is 53.4 Å². The molecule has 1 fully saturated rings. The minimum atomic E-state index is 0.894. The molecule has 0 aromatic carbocycles. The normalized spacial score (nSPS) is 20.5. The highest BCUT2D eigenvalue weighted by Crippen LogP contribution is 2.43. The van der Waals surface area contributed by atoms with Gasteiger partial charge < -0.3 is 0 Å². The molecule has 0 spiro atoms. The Kier molecular flexibility index (Phi) is 3.61. The van der Waals surface area contributed by atoms with Crippen LogP contribution in [-0.4, -0.2) is 0 Å². The SMILES string of the molecule is CC(C)CCC(C(C)C)C1CC1. The summed E-state index contributed by atoms with van der Waals surface area (Å²) in [6.07, 6.45) is 5.93. The summed E-state index contributed by atoms with van der Waals surface area (Å²) in [6.45, 7) is 9.46. The third-order valence-corrected chi connectivity index (χ3v) is 3.16. The Hall–Kier alpha value is 0. The molecule has 0 aliphatic heterocycles. The fourth-order valence-corrected chi connectivity index (χ4v) is 2.16. The van der Waals surface area contributed by atoms with Crippen molar-refractivity contribution < 1.29 is 0 Å². The molecule has 0 N–H and O–H groups in total. The fraction of sp³-hybridized carbons (Fsp3) is 1.00. The van der Waals surface area contributed by atoms with E-state index in [1.807, 2.05) is 0 Å². The molecule has 12 heavy (non-hydrogen) atoms. The first kappa shape index (κ1) is 10.1. The lowest BCUT2D eigenvalue weighted by atomic mass is 9.85. The van der Waals surface area contributed by atoms with E-state index < -0.39 is 0 Å². The highest BCUT2D eigenvalue weighted by Gasteiger charge is 2.32.